The van der Waals surface area contributed by atoms with Gasteiger partial charge in [-0.25, -0.2) is 14.8 Å². The number of carbonyl (C=O) groups is 2. The topological polar surface area (TPSA) is 101 Å². The van der Waals surface area contributed by atoms with Gasteiger partial charge in [-0.15, -0.1) is 0 Å². The van der Waals surface area contributed by atoms with Gasteiger partial charge in [-0.1, -0.05) is 48.0 Å². The van der Waals surface area contributed by atoms with E-state index >= 15 is 0 Å². The number of ether oxygens (including phenoxy) is 1. The van der Waals surface area contributed by atoms with Crippen molar-refractivity contribution in [1.82, 2.24) is 24.3 Å². The molecule has 2 aromatic heterocycles. The Kier molecular flexibility index (Phi) is 10.6. The standard InChI is InChI=1S/C36H44ClN5O4/c1-36(2,3)42(35(44)45)28(22-25-14-16-26(17-15-25)29-11-7-18-38-33(29)37)23-32(43)40-19-8-10-27(24-40)34-39-30-12-5-6-13-31(30)41(34)20-9-21-46-4/h5-7,11-18,27-28H,8-10,19-24H2,1-4H3,(H,44,45)/t27-,28-/m1/s1. The predicted octanol–water partition coefficient (Wildman–Crippen LogP) is 7.27. The van der Waals surface area contributed by atoms with Gasteiger partial charge >= 0.3 is 6.09 Å². The molecule has 244 valence electrons. The molecule has 5 rings (SSSR count). The average molecular weight is 646 g/mol. The zero-order valence-corrected chi connectivity index (χ0v) is 27.9. The lowest BCUT2D eigenvalue weighted by Gasteiger charge is -2.41. The predicted molar refractivity (Wildman–Crippen MR) is 181 cm³/mol. The summed E-state index contributed by atoms with van der Waals surface area (Å²) in [6.07, 6.45) is 3.79. The third kappa shape index (κ3) is 7.70. The highest BCUT2D eigenvalue weighted by atomic mass is 35.5. The van der Waals surface area contributed by atoms with E-state index in [1.54, 1.807) is 13.3 Å². The van der Waals surface area contributed by atoms with Gasteiger partial charge < -0.3 is 19.3 Å². The van der Waals surface area contributed by atoms with Crippen LogP contribution in [0.2, 0.25) is 5.15 Å². The van der Waals surface area contributed by atoms with E-state index in [1.165, 1.54) is 4.90 Å². The molecule has 1 N–H and O–H groups in total. The summed E-state index contributed by atoms with van der Waals surface area (Å²) in [6.45, 7) is 8.28. The normalized spacial score (nSPS) is 16.0. The van der Waals surface area contributed by atoms with Gasteiger partial charge in [-0.05, 0) is 81.8 Å². The number of hydrogen-bond donors (Lipinski definition) is 1. The Hall–Kier alpha value is -3.95. The average Bonchev–Trinajstić information content (AvgIpc) is 3.39. The SMILES string of the molecule is COCCCn1c([C@@H]2CCCN(C(=O)C[C@@H](Cc3ccc(-c4cccnc4Cl)cc3)N(C(=O)O)C(C)(C)C)C2)nc2ccccc21. The van der Waals surface area contributed by atoms with Crippen molar-refractivity contribution in [3.63, 3.8) is 0 Å². The molecule has 2 atom stereocenters. The van der Waals surface area contributed by atoms with Crippen LogP contribution in [0.15, 0.2) is 66.9 Å². The molecule has 3 heterocycles. The van der Waals surface area contributed by atoms with Crippen molar-refractivity contribution in [3.8, 4) is 11.1 Å². The molecule has 1 saturated heterocycles. The molecule has 1 aliphatic heterocycles. The summed E-state index contributed by atoms with van der Waals surface area (Å²) < 4.78 is 7.60. The van der Waals surface area contributed by atoms with Crippen LogP contribution in [0.25, 0.3) is 22.2 Å². The summed E-state index contributed by atoms with van der Waals surface area (Å²) in [6, 6.07) is 19.3. The minimum Gasteiger partial charge on any atom is -0.465 e. The number of aryl methyl sites for hydroxylation is 1. The first-order valence-corrected chi connectivity index (χ1v) is 16.4. The number of hydrogen-bond acceptors (Lipinski definition) is 5. The number of nitrogens with zero attached hydrogens (tertiary/aromatic N) is 5. The number of aromatic nitrogens is 3. The lowest BCUT2D eigenvalue weighted by atomic mass is 9.93. The number of pyridine rings is 1. The second kappa shape index (κ2) is 14.6. The van der Waals surface area contributed by atoms with E-state index in [0.717, 1.165) is 59.4 Å². The van der Waals surface area contributed by atoms with Crippen molar-refractivity contribution in [2.75, 3.05) is 26.8 Å². The van der Waals surface area contributed by atoms with Crippen LogP contribution < -0.4 is 0 Å². The Labute approximate surface area is 276 Å². The van der Waals surface area contributed by atoms with Gasteiger partial charge in [0, 0.05) is 69.0 Å². The Balaban J connectivity index is 1.36. The lowest BCUT2D eigenvalue weighted by molar-refractivity contribution is -0.134. The van der Waals surface area contributed by atoms with Crippen LogP contribution in [-0.2, 0) is 22.5 Å². The fraction of sp³-hybridized carbons (Fsp3) is 0.444. The van der Waals surface area contributed by atoms with Gasteiger partial charge in [0.25, 0.3) is 0 Å². The molecule has 2 amide bonds. The van der Waals surface area contributed by atoms with Gasteiger partial charge in [0.1, 0.15) is 11.0 Å². The highest BCUT2D eigenvalue weighted by Gasteiger charge is 2.37. The molecule has 10 heteroatoms. The minimum atomic E-state index is -1.04. The lowest BCUT2D eigenvalue weighted by Crippen LogP contribution is -2.54. The van der Waals surface area contributed by atoms with Crippen LogP contribution in [0, 0.1) is 0 Å². The fourth-order valence-corrected chi connectivity index (χ4v) is 6.92. The fourth-order valence-electron chi connectivity index (χ4n) is 6.69. The molecule has 0 spiro atoms. The summed E-state index contributed by atoms with van der Waals surface area (Å²) in [7, 11) is 1.71. The summed E-state index contributed by atoms with van der Waals surface area (Å²) in [5.41, 5.74) is 4.05. The Morgan fingerprint density at radius 3 is 2.57 bits per heavy atom. The summed E-state index contributed by atoms with van der Waals surface area (Å²) in [5.74, 6) is 1.06. The number of likely N-dealkylation sites (tertiary alicyclic amines) is 1. The number of rotatable bonds is 11. The molecular weight excluding hydrogens is 602 g/mol. The number of benzene rings is 2. The van der Waals surface area contributed by atoms with Crippen molar-refractivity contribution in [2.24, 2.45) is 0 Å². The number of para-hydroxylation sites is 2. The molecule has 1 fully saturated rings. The minimum absolute atomic E-state index is 0.0361. The molecule has 9 nitrogen and oxygen atoms in total. The van der Waals surface area contributed by atoms with Gasteiger partial charge in [0.2, 0.25) is 5.91 Å². The van der Waals surface area contributed by atoms with Gasteiger partial charge in [0.05, 0.1) is 11.0 Å². The number of carbonyl (C=O) groups excluding carboxylic acids is 1. The number of fused-ring (bicyclic) bond motifs is 1. The van der Waals surface area contributed by atoms with Crippen molar-refractivity contribution in [1.29, 1.82) is 0 Å². The van der Waals surface area contributed by atoms with Crippen LogP contribution in [-0.4, -0.2) is 79.8 Å². The highest BCUT2D eigenvalue weighted by Crippen LogP contribution is 2.32. The summed E-state index contributed by atoms with van der Waals surface area (Å²) in [4.78, 5) is 39.2. The van der Waals surface area contributed by atoms with Crippen LogP contribution in [0.4, 0.5) is 4.79 Å². The molecule has 46 heavy (non-hydrogen) atoms. The molecule has 4 aromatic rings. The maximum absolute atomic E-state index is 14.0. The first kappa shape index (κ1) is 33.4. The van der Waals surface area contributed by atoms with Crippen LogP contribution in [0.3, 0.4) is 0 Å². The van der Waals surface area contributed by atoms with Crippen LogP contribution in [0.1, 0.15) is 63.8 Å². The van der Waals surface area contributed by atoms with E-state index in [2.05, 4.69) is 15.6 Å². The zero-order valence-electron chi connectivity index (χ0n) is 27.2. The molecule has 0 bridgehead atoms. The Morgan fingerprint density at radius 2 is 1.87 bits per heavy atom. The maximum atomic E-state index is 14.0. The number of carboxylic acid groups (broad SMARTS) is 1. The van der Waals surface area contributed by atoms with E-state index in [-0.39, 0.29) is 18.2 Å². The first-order valence-electron chi connectivity index (χ1n) is 16.0. The Bertz CT molecular complexity index is 1650. The van der Waals surface area contributed by atoms with Gasteiger partial charge in [-0.2, -0.15) is 0 Å². The smallest absolute Gasteiger partial charge is 0.408 e. The van der Waals surface area contributed by atoms with Crippen molar-refractivity contribution in [3.05, 3.63) is 83.4 Å². The van der Waals surface area contributed by atoms with E-state index in [0.29, 0.717) is 31.3 Å². The summed E-state index contributed by atoms with van der Waals surface area (Å²) >= 11 is 6.31. The molecular formula is C36H44ClN5O4. The molecule has 2 aromatic carbocycles. The zero-order chi connectivity index (χ0) is 32.8. The van der Waals surface area contributed by atoms with E-state index in [1.807, 2.05) is 80.3 Å². The van der Waals surface area contributed by atoms with Crippen molar-refractivity contribution >= 4 is 34.6 Å². The van der Waals surface area contributed by atoms with Crippen LogP contribution >= 0.6 is 11.6 Å². The van der Waals surface area contributed by atoms with Gasteiger partial charge in [0.15, 0.2) is 0 Å². The molecule has 0 unspecified atom stereocenters. The van der Waals surface area contributed by atoms with Crippen molar-refractivity contribution in [2.45, 2.75) is 76.9 Å². The molecule has 0 saturated carbocycles. The second-order valence-corrected chi connectivity index (χ2v) is 13.4. The van der Waals surface area contributed by atoms with E-state index in [9.17, 15) is 14.7 Å². The van der Waals surface area contributed by atoms with E-state index in [4.69, 9.17) is 21.3 Å². The molecule has 1 aliphatic rings. The third-order valence-electron chi connectivity index (χ3n) is 8.75. The maximum Gasteiger partial charge on any atom is 0.408 e. The summed E-state index contributed by atoms with van der Waals surface area (Å²) in [5, 5.41) is 10.8. The number of methoxy groups -OCH3 is 1. The highest BCUT2D eigenvalue weighted by molar-refractivity contribution is 6.32. The third-order valence-corrected chi connectivity index (χ3v) is 9.05. The number of halogens is 1. The number of amides is 2. The van der Waals surface area contributed by atoms with Crippen LogP contribution in [0.5, 0.6) is 0 Å². The molecule has 0 aliphatic carbocycles. The quantitative estimate of drug-likeness (QED) is 0.136. The van der Waals surface area contributed by atoms with Gasteiger partial charge in [-0.3, -0.25) is 9.69 Å². The monoisotopic (exact) mass is 645 g/mol. The first-order chi connectivity index (χ1) is 22.1. The van der Waals surface area contributed by atoms with Crippen molar-refractivity contribution < 1.29 is 19.4 Å². The second-order valence-electron chi connectivity index (χ2n) is 13.1. The number of imidazole rings is 1. The number of piperidine rings is 1. The largest absolute Gasteiger partial charge is 0.465 e. The Morgan fingerprint density at radius 1 is 1.11 bits per heavy atom. The molecule has 0 radical (unpaired) electrons. The van der Waals surface area contributed by atoms with E-state index < -0.39 is 17.7 Å².